The fourth-order valence-electron chi connectivity index (χ4n) is 1.68. The van der Waals surface area contributed by atoms with E-state index in [2.05, 4.69) is 4.74 Å². The SMILES string of the molecule is COC(=O)C1(N)CC1c1ccc([N+](=O)[O-])s1. The molecular weight excluding hydrogens is 232 g/mol. The molecule has 0 spiro atoms. The maximum absolute atomic E-state index is 11.3. The number of rotatable bonds is 3. The zero-order valence-electron chi connectivity index (χ0n) is 8.50. The summed E-state index contributed by atoms with van der Waals surface area (Å²) in [6, 6.07) is 3.07. The quantitative estimate of drug-likeness (QED) is 0.485. The van der Waals surface area contributed by atoms with Gasteiger partial charge in [0.05, 0.1) is 12.0 Å². The Labute approximate surface area is 95.2 Å². The van der Waals surface area contributed by atoms with Crippen LogP contribution < -0.4 is 5.73 Å². The van der Waals surface area contributed by atoms with Gasteiger partial charge in [0, 0.05) is 16.9 Å². The van der Waals surface area contributed by atoms with Gasteiger partial charge in [-0.05, 0) is 12.5 Å². The summed E-state index contributed by atoms with van der Waals surface area (Å²) >= 11 is 1.05. The average Bonchev–Trinajstić information content (AvgIpc) is 2.76. The molecule has 86 valence electrons. The Morgan fingerprint density at radius 2 is 2.44 bits per heavy atom. The minimum Gasteiger partial charge on any atom is -0.468 e. The number of nitro groups is 1. The maximum atomic E-state index is 11.3. The number of nitrogens with two attached hydrogens (primary N) is 1. The molecule has 2 N–H and O–H groups in total. The smallest absolute Gasteiger partial charge is 0.326 e. The van der Waals surface area contributed by atoms with Gasteiger partial charge >= 0.3 is 11.0 Å². The van der Waals surface area contributed by atoms with Crippen LogP contribution in [0.2, 0.25) is 0 Å². The second-order valence-corrected chi connectivity index (χ2v) is 4.82. The van der Waals surface area contributed by atoms with Gasteiger partial charge in [0.2, 0.25) is 0 Å². The summed E-state index contributed by atoms with van der Waals surface area (Å²) in [7, 11) is 1.28. The molecule has 1 aromatic rings. The molecule has 1 aliphatic rings. The second kappa shape index (κ2) is 3.53. The number of ether oxygens (including phenoxy) is 1. The third-order valence-electron chi connectivity index (χ3n) is 2.70. The number of hydrogen-bond donors (Lipinski definition) is 1. The summed E-state index contributed by atoms with van der Waals surface area (Å²) in [6.45, 7) is 0. The molecular formula is C9H10N2O4S. The monoisotopic (exact) mass is 242 g/mol. The Bertz CT molecular complexity index is 458. The summed E-state index contributed by atoms with van der Waals surface area (Å²) in [6.07, 6.45) is 0.483. The van der Waals surface area contributed by atoms with Crippen molar-refractivity contribution in [1.29, 1.82) is 0 Å². The molecule has 2 rings (SSSR count). The third kappa shape index (κ3) is 1.57. The number of carbonyl (C=O) groups excluding carboxylic acids is 1. The Morgan fingerprint density at radius 1 is 1.75 bits per heavy atom. The van der Waals surface area contributed by atoms with Crippen molar-refractivity contribution in [2.45, 2.75) is 17.9 Å². The summed E-state index contributed by atoms with van der Waals surface area (Å²) in [5, 5.41) is 10.6. The minimum absolute atomic E-state index is 0.0640. The van der Waals surface area contributed by atoms with Crippen LogP contribution in [0.1, 0.15) is 17.2 Å². The lowest BCUT2D eigenvalue weighted by Gasteiger charge is -2.06. The van der Waals surface area contributed by atoms with Gasteiger partial charge in [-0.25, -0.2) is 0 Å². The lowest BCUT2D eigenvalue weighted by atomic mass is 10.2. The highest BCUT2D eigenvalue weighted by Crippen LogP contribution is 2.52. The normalized spacial score (nSPS) is 27.5. The largest absolute Gasteiger partial charge is 0.468 e. The van der Waals surface area contributed by atoms with E-state index in [1.54, 1.807) is 6.07 Å². The third-order valence-corrected chi connectivity index (χ3v) is 3.86. The second-order valence-electron chi connectivity index (χ2n) is 3.72. The molecule has 1 fully saturated rings. The van der Waals surface area contributed by atoms with Crippen LogP contribution in [-0.4, -0.2) is 23.5 Å². The standard InChI is InChI=1S/C9H10N2O4S/c1-15-8(12)9(10)4-5(9)6-2-3-7(16-6)11(13)14/h2-3,5H,4,10H2,1H3. The molecule has 2 unspecified atom stereocenters. The number of carbonyl (C=O) groups is 1. The van der Waals surface area contributed by atoms with E-state index in [-0.39, 0.29) is 10.9 Å². The molecule has 1 saturated carbocycles. The van der Waals surface area contributed by atoms with E-state index in [9.17, 15) is 14.9 Å². The molecule has 6 nitrogen and oxygen atoms in total. The van der Waals surface area contributed by atoms with Crippen molar-refractivity contribution in [2.75, 3.05) is 7.11 Å². The van der Waals surface area contributed by atoms with Crippen molar-refractivity contribution in [3.05, 3.63) is 27.1 Å². The fourth-order valence-corrected chi connectivity index (χ4v) is 2.70. The van der Waals surface area contributed by atoms with Gasteiger partial charge in [0.1, 0.15) is 5.54 Å². The molecule has 16 heavy (non-hydrogen) atoms. The summed E-state index contributed by atoms with van der Waals surface area (Å²) in [5.41, 5.74) is 4.83. The molecule has 0 aliphatic heterocycles. The molecule has 2 atom stereocenters. The number of thiophene rings is 1. The van der Waals surface area contributed by atoms with Crippen LogP contribution in [-0.2, 0) is 9.53 Å². The van der Waals surface area contributed by atoms with Crippen molar-refractivity contribution in [3.8, 4) is 0 Å². The lowest BCUT2D eigenvalue weighted by molar-refractivity contribution is -0.380. The Kier molecular flexibility index (Phi) is 2.43. The highest BCUT2D eigenvalue weighted by molar-refractivity contribution is 7.15. The van der Waals surface area contributed by atoms with Gasteiger partial charge in [-0.15, -0.1) is 0 Å². The van der Waals surface area contributed by atoms with Gasteiger partial charge in [-0.3, -0.25) is 14.9 Å². The molecule has 0 amide bonds. The van der Waals surface area contributed by atoms with E-state index in [4.69, 9.17) is 5.73 Å². The number of nitrogens with zero attached hydrogens (tertiary/aromatic N) is 1. The molecule has 7 heteroatoms. The van der Waals surface area contributed by atoms with E-state index in [0.717, 1.165) is 16.2 Å². The van der Waals surface area contributed by atoms with Crippen LogP contribution in [0.4, 0.5) is 5.00 Å². The highest BCUT2D eigenvalue weighted by atomic mass is 32.1. The molecule has 1 aliphatic carbocycles. The predicted octanol–water partition coefficient (Wildman–Crippen LogP) is 1.01. The van der Waals surface area contributed by atoms with Gasteiger partial charge in [0.15, 0.2) is 0 Å². The van der Waals surface area contributed by atoms with Crippen LogP contribution in [0.15, 0.2) is 12.1 Å². The Morgan fingerprint density at radius 3 is 2.94 bits per heavy atom. The number of methoxy groups -OCH3 is 1. The molecule has 0 saturated heterocycles. The predicted molar refractivity (Wildman–Crippen MR) is 57.3 cm³/mol. The summed E-state index contributed by atoms with van der Waals surface area (Å²) in [5.74, 6) is -0.618. The first-order valence-electron chi connectivity index (χ1n) is 4.60. The Balaban J connectivity index is 2.17. The van der Waals surface area contributed by atoms with Crippen LogP contribution >= 0.6 is 11.3 Å². The van der Waals surface area contributed by atoms with Crippen LogP contribution in [0, 0.1) is 10.1 Å². The molecule has 0 bridgehead atoms. The first kappa shape index (κ1) is 11.0. The van der Waals surface area contributed by atoms with Crippen LogP contribution in [0.5, 0.6) is 0 Å². The van der Waals surface area contributed by atoms with Crippen molar-refractivity contribution in [1.82, 2.24) is 0 Å². The van der Waals surface area contributed by atoms with E-state index in [1.807, 2.05) is 0 Å². The van der Waals surface area contributed by atoms with Gasteiger partial charge < -0.3 is 10.5 Å². The molecule has 1 heterocycles. The Hall–Kier alpha value is -1.47. The summed E-state index contributed by atoms with van der Waals surface area (Å²) in [4.78, 5) is 22.2. The maximum Gasteiger partial charge on any atom is 0.326 e. The lowest BCUT2D eigenvalue weighted by Crippen LogP contribution is -2.35. The molecule has 0 aromatic carbocycles. The minimum atomic E-state index is -0.993. The zero-order valence-corrected chi connectivity index (χ0v) is 9.32. The summed E-state index contributed by atoms with van der Waals surface area (Å²) < 4.78 is 4.59. The zero-order chi connectivity index (χ0) is 11.9. The van der Waals surface area contributed by atoms with Gasteiger partial charge in [-0.1, -0.05) is 11.3 Å². The number of hydrogen-bond acceptors (Lipinski definition) is 6. The van der Waals surface area contributed by atoms with Crippen LogP contribution in [0.25, 0.3) is 0 Å². The fraction of sp³-hybridized carbons (Fsp3) is 0.444. The topological polar surface area (TPSA) is 95.5 Å². The average molecular weight is 242 g/mol. The van der Waals surface area contributed by atoms with Crippen molar-refractivity contribution in [2.24, 2.45) is 5.73 Å². The van der Waals surface area contributed by atoms with Crippen molar-refractivity contribution in [3.63, 3.8) is 0 Å². The van der Waals surface area contributed by atoms with E-state index in [1.165, 1.54) is 13.2 Å². The van der Waals surface area contributed by atoms with Crippen LogP contribution in [0.3, 0.4) is 0 Å². The van der Waals surface area contributed by atoms with Gasteiger partial charge in [0.25, 0.3) is 0 Å². The van der Waals surface area contributed by atoms with Crippen molar-refractivity contribution >= 4 is 22.3 Å². The number of esters is 1. The van der Waals surface area contributed by atoms with Crippen molar-refractivity contribution < 1.29 is 14.5 Å². The van der Waals surface area contributed by atoms with E-state index < -0.39 is 16.4 Å². The first-order chi connectivity index (χ1) is 7.49. The first-order valence-corrected chi connectivity index (χ1v) is 5.42. The molecule has 1 aromatic heterocycles. The van der Waals surface area contributed by atoms with Gasteiger partial charge in [-0.2, -0.15) is 0 Å². The van der Waals surface area contributed by atoms with E-state index >= 15 is 0 Å². The molecule has 0 radical (unpaired) electrons. The highest BCUT2D eigenvalue weighted by Gasteiger charge is 2.59. The van der Waals surface area contributed by atoms with E-state index in [0.29, 0.717) is 6.42 Å².